The van der Waals surface area contributed by atoms with Crippen molar-refractivity contribution in [1.29, 1.82) is 0 Å². The van der Waals surface area contributed by atoms with Gasteiger partial charge in [-0.25, -0.2) is 0 Å². The molecule has 114 valence electrons. The van der Waals surface area contributed by atoms with Crippen molar-refractivity contribution in [2.45, 2.75) is 0 Å². The number of aromatic nitrogens is 2. The van der Waals surface area contributed by atoms with Crippen LogP contribution in [0.1, 0.15) is 11.4 Å². The Bertz CT molecular complexity index is 816. The van der Waals surface area contributed by atoms with Crippen molar-refractivity contribution in [2.24, 2.45) is 0 Å². The lowest BCUT2D eigenvalue weighted by atomic mass is 10.2. The lowest BCUT2D eigenvalue weighted by Crippen LogP contribution is -2.14. The summed E-state index contributed by atoms with van der Waals surface area (Å²) in [6, 6.07) is 5.42. The first-order valence-corrected chi connectivity index (χ1v) is 6.99. The molecule has 2 rings (SSSR count). The van der Waals surface area contributed by atoms with E-state index in [1.807, 2.05) is 6.07 Å². The van der Waals surface area contributed by atoms with Gasteiger partial charge in [0.2, 0.25) is 0 Å². The van der Waals surface area contributed by atoms with Crippen LogP contribution >= 0.6 is 22.6 Å². The van der Waals surface area contributed by atoms with Crippen LogP contribution in [0.25, 0.3) is 12.2 Å². The lowest BCUT2D eigenvalue weighted by Gasteiger charge is -2.03. The summed E-state index contributed by atoms with van der Waals surface area (Å²) >= 11 is 2.12. The zero-order chi connectivity index (χ0) is 16.3. The van der Waals surface area contributed by atoms with E-state index in [1.54, 1.807) is 25.3 Å². The minimum Gasteiger partial charge on any atom is -0.496 e. The van der Waals surface area contributed by atoms with Crippen molar-refractivity contribution in [3.05, 3.63) is 53.6 Å². The van der Waals surface area contributed by atoms with E-state index in [0.29, 0.717) is 0 Å². The molecule has 0 radical (unpaired) electrons. The van der Waals surface area contributed by atoms with Gasteiger partial charge in [-0.2, -0.15) is 4.98 Å². The van der Waals surface area contributed by atoms with Gasteiger partial charge in [0.25, 0.3) is 5.88 Å². The summed E-state index contributed by atoms with van der Waals surface area (Å²) in [6.07, 6.45) is 3.08. The van der Waals surface area contributed by atoms with E-state index < -0.39 is 22.0 Å². The third-order valence-electron chi connectivity index (χ3n) is 2.69. The monoisotopic (exact) mass is 415 g/mol. The molecule has 0 bridgehead atoms. The highest BCUT2D eigenvalue weighted by molar-refractivity contribution is 14.1. The second-order valence-corrected chi connectivity index (χ2v) is 5.27. The van der Waals surface area contributed by atoms with Gasteiger partial charge < -0.3 is 14.8 Å². The van der Waals surface area contributed by atoms with Crippen LogP contribution in [0.2, 0.25) is 0 Å². The van der Waals surface area contributed by atoms with E-state index >= 15 is 0 Å². The first-order chi connectivity index (χ1) is 10.4. The molecule has 1 aromatic heterocycles. The van der Waals surface area contributed by atoms with Gasteiger partial charge in [0.15, 0.2) is 0 Å². The van der Waals surface area contributed by atoms with Crippen molar-refractivity contribution >= 4 is 40.4 Å². The van der Waals surface area contributed by atoms with Gasteiger partial charge in [-0.3, -0.25) is 14.9 Å². The number of hydrogen-bond donors (Lipinski definition) is 2. The van der Waals surface area contributed by atoms with Crippen molar-refractivity contribution < 1.29 is 14.8 Å². The number of H-pyrrole nitrogens is 1. The molecule has 1 aromatic carbocycles. The predicted molar refractivity (Wildman–Crippen MR) is 87.8 cm³/mol. The molecule has 1 heterocycles. The second-order valence-electron chi connectivity index (χ2n) is 4.11. The predicted octanol–water partition coefficient (Wildman–Crippen LogP) is 2.17. The number of nitrogens with zero attached hydrogens (tertiary/aromatic N) is 2. The highest BCUT2D eigenvalue weighted by Crippen LogP contribution is 2.22. The number of halogens is 1. The number of nitrogens with one attached hydrogen (secondary N) is 1. The van der Waals surface area contributed by atoms with Crippen LogP contribution < -0.4 is 10.3 Å². The minimum absolute atomic E-state index is 0.0129. The molecule has 0 atom stereocenters. The molecule has 0 aliphatic heterocycles. The topological polar surface area (TPSA) is 118 Å². The zero-order valence-corrected chi connectivity index (χ0v) is 13.4. The molecule has 8 nitrogen and oxygen atoms in total. The molecular weight excluding hydrogens is 405 g/mol. The van der Waals surface area contributed by atoms with Gasteiger partial charge in [-0.05, 0) is 46.4 Å². The molecule has 0 saturated heterocycles. The maximum absolute atomic E-state index is 11.5. The first kappa shape index (κ1) is 15.9. The highest BCUT2D eigenvalue weighted by atomic mass is 127. The fraction of sp³-hybridized carbons (Fsp3) is 0.0769. The second kappa shape index (κ2) is 6.56. The molecule has 0 aliphatic rings. The van der Waals surface area contributed by atoms with Crippen LogP contribution in [-0.4, -0.2) is 27.1 Å². The fourth-order valence-electron chi connectivity index (χ4n) is 1.68. The standard InChI is InChI=1S/C13H10IN3O5/c1-22-9-4-2-7(6-8(9)14)3-5-10-15-12(18)11(17(20)21)13(19)16-10/h2-6H,1H3,(H2,15,16,18,19)/b5-3+. The Morgan fingerprint density at radius 1 is 1.45 bits per heavy atom. The Balaban J connectivity index is 2.33. The third-order valence-corrected chi connectivity index (χ3v) is 3.53. The number of aromatic amines is 1. The Hall–Kier alpha value is -2.43. The van der Waals surface area contributed by atoms with Gasteiger partial charge in [-0.15, -0.1) is 0 Å². The van der Waals surface area contributed by atoms with Crippen LogP contribution in [0, 0.1) is 13.7 Å². The van der Waals surface area contributed by atoms with Gasteiger partial charge in [-0.1, -0.05) is 12.1 Å². The van der Waals surface area contributed by atoms with Gasteiger partial charge in [0.05, 0.1) is 15.6 Å². The molecule has 0 amide bonds. The number of hydrogen-bond acceptors (Lipinski definition) is 6. The van der Waals surface area contributed by atoms with Crippen LogP contribution in [0.4, 0.5) is 5.69 Å². The zero-order valence-electron chi connectivity index (χ0n) is 11.2. The van der Waals surface area contributed by atoms with E-state index in [4.69, 9.17) is 4.74 Å². The number of methoxy groups -OCH3 is 1. The smallest absolute Gasteiger partial charge is 0.395 e. The average molecular weight is 415 g/mol. The maximum Gasteiger partial charge on any atom is 0.395 e. The van der Waals surface area contributed by atoms with Gasteiger partial charge >= 0.3 is 11.2 Å². The quantitative estimate of drug-likeness (QED) is 0.449. The molecule has 0 fully saturated rings. The van der Waals surface area contributed by atoms with Gasteiger partial charge in [0, 0.05) is 0 Å². The Kier molecular flexibility index (Phi) is 4.75. The van der Waals surface area contributed by atoms with E-state index in [0.717, 1.165) is 14.9 Å². The fourth-order valence-corrected chi connectivity index (χ4v) is 2.44. The average Bonchev–Trinajstić information content (AvgIpc) is 2.44. The van der Waals surface area contributed by atoms with E-state index in [2.05, 4.69) is 32.6 Å². The molecule has 2 N–H and O–H groups in total. The lowest BCUT2D eigenvalue weighted by molar-refractivity contribution is -0.387. The molecular formula is C13H10IN3O5. The number of aromatic hydroxyl groups is 1. The summed E-state index contributed by atoms with van der Waals surface area (Å²) in [6.45, 7) is 0. The maximum atomic E-state index is 11.5. The number of rotatable bonds is 4. The van der Waals surface area contributed by atoms with E-state index in [1.165, 1.54) is 6.08 Å². The van der Waals surface area contributed by atoms with Crippen LogP contribution in [0.5, 0.6) is 11.6 Å². The molecule has 0 aliphatic carbocycles. The van der Waals surface area contributed by atoms with Crippen molar-refractivity contribution in [1.82, 2.24) is 9.97 Å². The highest BCUT2D eigenvalue weighted by Gasteiger charge is 2.21. The summed E-state index contributed by atoms with van der Waals surface area (Å²) in [4.78, 5) is 26.9. The molecule has 0 spiro atoms. The van der Waals surface area contributed by atoms with E-state index in [9.17, 15) is 20.0 Å². The normalized spacial score (nSPS) is 10.8. The first-order valence-electron chi connectivity index (χ1n) is 5.91. The molecule has 0 saturated carbocycles. The molecule has 22 heavy (non-hydrogen) atoms. The number of ether oxygens (including phenoxy) is 1. The Labute approximate surface area is 137 Å². The summed E-state index contributed by atoms with van der Waals surface area (Å²) in [5, 5.41) is 20.0. The SMILES string of the molecule is COc1ccc(/C=C/c2nc(O)c([N+](=O)[O-])c(=O)[nH]2)cc1I. The number of nitro groups is 1. The Morgan fingerprint density at radius 2 is 2.18 bits per heavy atom. The van der Waals surface area contributed by atoms with E-state index in [-0.39, 0.29) is 5.82 Å². The van der Waals surface area contributed by atoms with Crippen LogP contribution in [0.3, 0.4) is 0 Å². The summed E-state index contributed by atoms with van der Waals surface area (Å²) in [5.74, 6) is -0.172. The molecule has 9 heteroatoms. The van der Waals surface area contributed by atoms with Crippen LogP contribution in [-0.2, 0) is 0 Å². The third kappa shape index (κ3) is 3.42. The largest absolute Gasteiger partial charge is 0.496 e. The number of benzene rings is 1. The van der Waals surface area contributed by atoms with Crippen molar-refractivity contribution in [3.63, 3.8) is 0 Å². The van der Waals surface area contributed by atoms with Crippen molar-refractivity contribution in [2.75, 3.05) is 7.11 Å². The summed E-state index contributed by atoms with van der Waals surface area (Å²) < 4.78 is 6.04. The molecule has 0 unspecified atom stereocenters. The van der Waals surface area contributed by atoms with Crippen LogP contribution in [0.15, 0.2) is 23.0 Å². The summed E-state index contributed by atoms with van der Waals surface area (Å²) in [5.41, 5.74) is -1.18. The van der Waals surface area contributed by atoms with Crippen molar-refractivity contribution in [3.8, 4) is 11.6 Å². The summed E-state index contributed by atoms with van der Waals surface area (Å²) in [7, 11) is 1.57. The Morgan fingerprint density at radius 3 is 2.73 bits per heavy atom. The van der Waals surface area contributed by atoms with Gasteiger partial charge in [0.1, 0.15) is 11.6 Å². The minimum atomic E-state index is -1.01. The molecule has 2 aromatic rings.